The molecule has 18 heavy (non-hydrogen) atoms. The molecule has 1 aliphatic heterocycles. The summed E-state index contributed by atoms with van der Waals surface area (Å²) in [6.45, 7) is 2.62. The minimum atomic E-state index is -0.549. The first-order chi connectivity index (χ1) is 8.65. The number of halogens is 3. The second-order valence-electron chi connectivity index (χ2n) is 4.25. The first kappa shape index (κ1) is 14.1. The number of rotatable bonds is 3. The summed E-state index contributed by atoms with van der Waals surface area (Å²) < 4.78 is 14.1. The Kier molecular flexibility index (Phi) is 4.84. The molecule has 6 heteroatoms. The van der Waals surface area contributed by atoms with Crippen LogP contribution in [0.4, 0.5) is 4.39 Å². The van der Waals surface area contributed by atoms with Crippen molar-refractivity contribution in [1.29, 1.82) is 0 Å². The molecule has 2 rings (SSSR count). The summed E-state index contributed by atoms with van der Waals surface area (Å²) in [4.78, 5) is 2.02. The molecule has 0 spiro atoms. The van der Waals surface area contributed by atoms with Crippen LogP contribution in [0.2, 0.25) is 5.02 Å². The number of alkyl halides is 1. The van der Waals surface area contributed by atoms with E-state index in [1.165, 1.54) is 0 Å². The number of phenolic OH excluding ortho intramolecular Hbond substituents is 1. The lowest BCUT2D eigenvalue weighted by Crippen LogP contribution is -2.45. The lowest BCUT2D eigenvalue weighted by Gasteiger charge is -2.34. The predicted molar refractivity (Wildman–Crippen MR) is 74.0 cm³/mol. The van der Waals surface area contributed by atoms with E-state index in [4.69, 9.17) is 11.6 Å². The maximum atomic E-state index is 13.4. The topological polar surface area (TPSA) is 35.5 Å². The molecule has 1 fully saturated rings. The van der Waals surface area contributed by atoms with Gasteiger partial charge < -0.3 is 10.4 Å². The maximum absolute atomic E-state index is 13.4. The predicted octanol–water partition coefficient (Wildman–Crippen LogP) is 2.72. The number of hydrogen-bond acceptors (Lipinski definition) is 3. The summed E-state index contributed by atoms with van der Waals surface area (Å²) in [5.41, 5.74) is 0.534. The van der Waals surface area contributed by atoms with E-state index in [9.17, 15) is 9.50 Å². The average molecular weight is 338 g/mol. The molecule has 2 N–H and O–H groups in total. The molecule has 0 bridgehead atoms. The van der Waals surface area contributed by atoms with Gasteiger partial charge in [0.05, 0.1) is 11.1 Å². The van der Waals surface area contributed by atoms with Crippen LogP contribution in [0.1, 0.15) is 11.6 Å². The van der Waals surface area contributed by atoms with Crippen LogP contribution < -0.4 is 5.32 Å². The molecule has 0 aliphatic carbocycles. The van der Waals surface area contributed by atoms with Crippen molar-refractivity contribution in [3.05, 3.63) is 27.2 Å². The van der Waals surface area contributed by atoms with E-state index >= 15 is 0 Å². The van der Waals surface area contributed by atoms with Gasteiger partial charge in [0.15, 0.2) is 0 Å². The normalized spacial score (nSPS) is 18.8. The Bertz CT molecular complexity index is 427. The van der Waals surface area contributed by atoms with Crippen LogP contribution in [0.3, 0.4) is 0 Å². The van der Waals surface area contributed by atoms with Crippen LogP contribution in [-0.4, -0.2) is 42.9 Å². The molecule has 1 aromatic rings. The molecule has 3 nitrogen and oxygen atoms in total. The molecule has 0 radical (unpaired) electrons. The number of aromatic hydroxyl groups is 1. The van der Waals surface area contributed by atoms with E-state index in [-0.39, 0.29) is 10.8 Å². The van der Waals surface area contributed by atoms with Crippen LogP contribution in [0, 0.1) is 0 Å². The highest BCUT2D eigenvalue weighted by Crippen LogP contribution is 2.39. The fourth-order valence-corrected chi connectivity index (χ4v) is 2.97. The van der Waals surface area contributed by atoms with E-state index in [0.717, 1.165) is 26.2 Å². The monoisotopic (exact) mass is 336 g/mol. The zero-order valence-corrected chi connectivity index (χ0v) is 12.1. The van der Waals surface area contributed by atoms with E-state index in [2.05, 4.69) is 21.2 Å². The Morgan fingerprint density at radius 1 is 1.44 bits per heavy atom. The number of nitrogens with one attached hydrogen (secondary N) is 1. The molecule has 0 unspecified atom stereocenters. The summed E-state index contributed by atoms with van der Waals surface area (Å²) in [6, 6.07) is 2.87. The van der Waals surface area contributed by atoms with Gasteiger partial charge in [-0.25, -0.2) is 4.39 Å². The van der Waals surface area contributed by atoms with E-state index in [1.807, 2.05) is 4.90 Å². The third-order valence-corrected chi connectivity index (χ3v) is 4.18. The van der Waals surface area contributed by atoms with Crippen molar-refractivity contribution in [1.82, 2.24) is 10.2 Å². The molecular formula is C12H15BrClFN2O. The first-order valence-corrected chi connectivity index (χ1v) is 7.00. The molecule has 1 saturated heterocycles. The van der Waals surface area contributed by atoms with Crippen LogP contribution in [0.25, 0.3) is 0 Å². The number of benzene rings is 1. The fourth-order valence-electron chi connectivity index (χ4n) is 2.22. The van der Waals surface area contributed by atoms with Gasteiger partial charge in [0, 0.05) is 36.2 Å². The zero-order valence-electron chi connectivity index (χ0n) is 9.80. The largest absolute Gasteiger partial charge is 0.506 e. The second kappa shape index (κ2) is 6.19. The van der Waals surface area contributed by atoms with E-state index < -0.39 is 12.7 Å². The van der Waals surface area contributed by atoms with Gasteiger partial charge in [0.2, 0.25) is 0 Å². The van der Waals surface area contributed by atoms with Crippen LogP contribution >= 0.6 is 27.5 Å². The number of piperazine rings is 1. The standard InChI is InChI=1S/C12H15BrClFN2O/c13-8-1-2-9(14)12(18)11(8)10(7-15)17-5-3-16-4-6-17/h1-2,10,16,18H,3-7H2/t10-/m0/s1. The van der Waals surface area contributed by atoms with Crippen LogP contribution in [-0.2, 0) is 0 Å². The van der Waals surface area contributed by atoms with Crippen LogP contribution in [0.5, 0.6) is 5.75 Å². The van der Waals surface area contributed by atoms with Gasteiger partial charge in [0.25, 0.3) is 0 Å². The van der Waals surface area contributed by atoms with Gasteiger partial charge in [-0.15, -0.1) is 0 Å². The summed E-state index contributed by atoms with van der Waals surface area (Å²) in [5, 5.41) is 13.5. The van der Waals surface area contributed by atoms with Crippen molar-refractivity contribution in [2.75, 3.05) is 32.9 Å². The molecule has 1 heterocycles. The highest BCUT2D eigenvalue weighted by molar-refractivity contribution is 9.10. The molecule has 0 aromatic heterocycles. The highest BCUT2D eigenvalue weighted by atomic mass is 79.9. The number of hydrogen-bond donors (Lipinski definition) is 2. The third kappa shape index (κ3) is 2.79. The van der Waals surface area contributed by atoms with Gasteiger partial charge in [-0.3, -0.25) is 4.90 Å². The molecule has 0 saturated carbocycles. The minimum absolute atomic E-state index is 0.0350. The Balaban J connectivity index is 2.34. The quantitative estimate of drug-likeness (QED) is 0.890. The Morgan fingerprint density at radius 3 is 2.72 bits per heavy atom. The molecule has 1 atom stereocenters. The Morgan fingerprint density at radius 2 is 2.11 bits per heavy atom. The highest BCUT2D eigenvalue weighted by Gasteiger charge is 2.27. The molecular weight excluding hydrogens is 323 g/mol. The molecule has 1 aliphatic rings. The van der Waals surface area contributed by atoms with E-state index in [1.54, 1.807) is 12.1 Å². The smallest absolute Gasteiger partial charge is 0.140 e. The lowest BCUT2D eigenvalue weighted by molar-refractivity contribution is 0.144. The van der Waals surface area contributed by atoms with Crippen molar-refractivity contribution in [3.8, 4) is 5.75 Å². The second-order valence-corrected chi connectivity index (χ2v) is 5.51. The fraction of sp³-hybridized carbons (Fsp3) is 0.500. The Labute approximate surface area is 119 Å². The first-order valence-electron chi connectivity index (χ1n) is 5.82. The van der Waals surface area contributed by atoms with Gasteiger partial charge in [-0.05, 0) is 12.1 Å². The van der Waals surface area contributed by atoms with Gasteiger partial charge in [-0.1, -0.05) is 27.5 Å². The van der Waals surface area contributed by atoms with Crippen LogP contribution in [0.15, 0.2) is 16.6 Å². The van der Waals surface area contributed by atoms with Gasteiger partial charge in [-0.2, -0.15) is 0 Å². The van der Waals surface area contributed by atoms with Crippen molar-refractivity contribution < 1.29 is 9.50 Å². The summed E-state index contributed by atoms with van der Waals surface area (Å²) in [5.74, 6) is -0.0350. The minimum Gasteiger partial charge on any atom is -0.506 e. The third-order valence-electron chi connectivity index (χ3n) is 3.19. The SMILES string of the molecule is Oc1c(Cl)ccc(Br)c1[C@H](CF)N1CCNCC1. The summed E-state index contributed by atoms with van der Waals surface area (Å²) in [7, 11) is 0. The van der Waals surface area contributed by atoms with Crippen molar-refractivity contribution in [2.24, 2.45) is 0 Å². The van der Waals surface area contributed by atoms with Gasteiger partial charge in [0.1, 0.15) is 12.4 Å². The molecule has 1 aromatic carbocycles. The molecule has 100 valence electrons. The summed E-state index contributed by atoms with van der Waals surface area (Å²) >= 11 is 9.26. The average Bonchev–Trinajstić information content (AvgIpc) is 2.40. The lowest BCUT2D eigenvalue weighted by atomic mass is 10.0. The number of phenols is 1. The zero-order chi connectivity index (χ0) is 13.1. The van der Waals surface area contributed by atoms with Crippen molar-refractivity contribution in [3.63, 3.8) is 0 Å². The Hall–Kier alpha value is -0.360. The number of nitrogens with zero attached hydrogens (tertiary/aromatic N) is 1. The van der Waals surface area contributed by atoms with Crippen molar-refractivity contribution in [2.45, 2.75) is 6.04 Å². The van der Waals surface area contributed by atoms with E-state index in [0.29, 0.717) is 10.0 Å². The maximum Gasteiger partial charge on any atom is 0.140 e. The molecule has 0 amide bonds. The summed E-state index contributed by atoms with van der Waals surface area (Å²) in [6.07, 6.45) is 0. The van der Waals surface area contributed by atoms with Crippen molar-refractivity contribution >= 4 is 27.5 Å². The van der Waals surface area contributed by atoms with Gasteiger partial charge >= 0.3 is 0 Å².